The Morgan fingerprint density at radius 3 is 2.62 bits per heavy atom. The van der Waals surface area contributed by atoms with Gasteiger partial charge < -0.3 is 19.4 Å². The van der Waals surface area contributed by atoms with Gasteiger partial charge in [-0.15, -0.1) is 8.78 Å². The number of aryl methyl sites for hydroxylation is 2. The van der Waals surface area contributed by atoms with Crippen molar-refractivity contribution in [1.29, 1.82) is 0 Å². The van der Waals surface area contributed by atoms with Crippen molar-refractivity contribution in [3.8, 4) is 11.5 Å². The lowest BCUT2D eigenvalue weighted by atomic mass is 10.1. The normalized spacial score (nSPS) is 14.1. The Kier molecular flexibility index (Phi) is 6.32. The molecule has 0 bridgehead atoms. The van der Waals surface area contributed by atoms with Crippen molar-refractivity contribution in [1.82, 2.24) is 14.9 Å². The molecule has 1 aromatic heterocycles. The Balaban J connectivity index is 1.23. The molecule has 4 aromatic rings. The van der Waals surface area contributed by atoms with E-state index >= 15 is 0 Å². The van der Waals surface area contributed by atoms with Crippen molar-refractivity contribution < 1.29 is 31.5 Å². The first-order valence-corrected chi connectivity index (χ1v) is 13.2. The lowest BCUT2D eigenvalue weighted by Crippen LogP contribution is -2.26. The number of rotatable bonds is 8. The van der Waals surface area contributed by atoms with Gasteiger partial charge in [-0.05, 0) is 48.4 Å². The molecule has 1 amide bonds. The predicted octanol–water partition coefficient (Wildman–Crippen LogP) is 4.32. The zero-order chi connectivity index (χ0) is 26.2. The number of carbonyl (C=O) groups excluding carboxylic acids is 1. The summed E-state index contributed by atoms with van der Waals surface area (Å²) >= 11 is 0. The summed E-state index contributed by atoms with van der Waals surface area (Å²) in [7, 11) is -3.27. The Bertz CT molecular complexity index is 1580. The second-order valence-corrected chi connectivity index (χ2v) is 10.8. The van der Waals surface area contributed by atoms with E-state index in [-0.39, 0.29) is 34.6 Å². The molecule has 11 heteroatoms. The highest BCUT2D eigenvalue weighted by Crippen LogP contribution is 2.43. The molecule has 1 aliphatic rings. The SMILES string of the molecule is CCS(=O)(=O)c1ccc(CNC(=O)c2ccc3c(c2)ncn3CCc2cccc3c2OC(F)(F)O3)cc1. The van der Waals surface area contributed by atoms with Crippen molar-refractivity contribution in [2.24, 2.45) is 0 Å². The monoisotopic (exact) mass is 527 g/mol. The van der Waals surface area contributed by atoms with Crippen LogP contribution in [-0.2, 0) is 29.3 Å². The third kappa shape index (κ3) is 5.12. The average Bonchev–Trinajstić information content (AvgIpc) is 3.44. The van der Waals surface area contributed by atoms with Crippen LogP contribution in [0.2, 0.25) is 0 Å². The van der Waals surface area contributed by atoms with Gasteiger partial charge in [-0.25, -0.2) is 13.4 Å². The van der Waals surface area contributed by atoms with E-state index in [0.717, 1.165) is 11.1 Å². The van der Waals surface area contributed by atoms with Gasteiger partial charge in [-0.1, -0.05) is 31.2 Å². The molecule has 3 aromatic carbocycles. The molecule has 0 saturated heterocycles. The minimum atomic E-state index is -3.67. The Morgan fingerprint density at radius 1 is 1.08 bits per heavy atom. The molecule has 0 aliphatic carbocycles. The van der Waals surface area contributed by atoms with Crippen LogP contribution in [0.1, 0.15) is 28.4 Å². The largest absolute Gasteiger partial charge is 0.586 e. The molecule has 192 valence electrons. The molecule has 8 nitrogen and oxygen atoms in total. The summed E-state index contributed by atoms with van der Waals surface area (Å²) in [6, 6.07) is 16.3. The van der Waals surface area contributed by atoms with E-state index in [1.54, 1.807) is 55.7 Å². The fourth-order valence-corrected chi connectivity index (χ4v) is 5.00. The highest BCUT2D eigenvalue weighted by atomic mass is 32.2. The number of nitrogens with one attached hydrogen (secondary N) is 1. The summed E-state index contributed by atoms with van der Waals surface area (Å²) in [6.45, 7) is 2.28. The van der Waals surface area contributed by atoms with Gasteiger partial charge in [0.1, 0.15) is 0 Å². The van der Waals surface area contributed by atoms with Gasteiger partial charge in [-0.3, -0.25) is 4.79 Å². The molecule has 0 fully saturated rings. The lowest BCUT2D eigenvalue weighted by molar-refractivity contribution is -0.286. The first kappa shape index (κ1) is 24.7. The van der Waals surface area contributed by atoms with Crippen LogP contribution in [0.5, 0.6) is 11.5 Å². The first-order valence-electron chi connectivity index (χ1n) is 11.6. The predicted molar refractivity (Wildman–Crippen MR) is 131 cm³/mol. The van der Waals surface area contributed by atoms with Crippen molar-refractivity contribution in [3.05, 3.63) is 83.7 Å². The number of nitrogens with zero attached hydrogens (tertiary/aromatic N) is 2. The Labute approximate surface area is 211 Å². The maximum atomic E-state index is 13.5. The van der Waals surface area contributed by atoms with Gasteiger partial charge in [0.25, 0.3) is 5.91 Å². The van der Waals surface area contributed by atoms with E-state index < -0.39 is 16.1 Å². The summed E-state index contributed by atoms with van der Waals surface area (Å²) in [5.74, 6) is -0.217. The number of halogens is 2. The molecule has 2 heterocycles. The molecule has 37 heavy (non-hydrogen) atoms. The molecular formula is C26H23F2N3O5S. The number of fused-ring (bicyclic) bond motifs is 2. The van der Waals surface area contributed by atoms with Gasteiger partial charge in [-0.2, -0.15) is 0 Å². The van der Waals surface area contributed by atoms with E-state index in [2.05, 4.69) is 19.8 Å². The topological polar surface area (TPSA) is 99.5 Å². The second-order valence-electron chi connectivity index (χ2n) is 8.53. The third-order valence-electron chi connectivity index (χ3n) is 6.13. The Morgan fingerprint density at radius 2 is 1.86 bits per heavy atom. The van der Waals surface area contributed by atoms with Crippen LogP contribution in [0, 0.1) is 0 Å². The highest BCUT2D eigenvalue weighted by molar-refractivity contribution is 7.91. The number of hydrogen-bond donors (Lipinski definition) is 1. The van der Waals surface area contributed by atoms with Gasteiger partial charge in [0.15, 0.2) is 21.3 Å². The van der Waals surface area contributed by atoms with Crippen molar-refractivity contribution in [3.63, 3.8) is 0 Å². The van der Waals surface area contributed by atoms with E-state index in [9.17, 15) is 22.0 Å². The van der Waals surface area contributed by atoms with Crippen molar-refractivity contribution in [2.75, 3.05) is 5.75 Å². The van der Waals surface area contributed by atoms with Crippen molar-refractivity contribution in [2.45, 2.75) is 37.6 Å². The molecule has 0 atom stereocenters. The van der Waals surface area contributed by atoms with Crippen molar-refractivity contribution >= 4 is 26.8 Å². The van der Waals surface area contributed by atoms with E-state index in [4.69, 9.17) is 0 Å². The number of hydrogen-bond acceptors (Lipinski definition) is 6. The number of imidazole rings is 1. The van der Waals surface area contributed by atoms with E-state index in [1.165, 1.54) is 18.2 Å². The summed E-state index contributed by atoms with van der Waals surface area (Å²) in [5, 5.41) is 2.83. The molecule has 5 rings (SSSR count). The average molecular weight is 528 g/mol. The summed E-state index contributed by atoms with van der Waals surface area (Å²) in [4.78, 5) is 17.3. The lowest BCUT2D eigenvalue weighted by Gasteiger charge is -2.09. The Hall–Kier alpha value is -3.99. The van der Waals surface area contributed by atoms with Gasteiger partial charge in [0.05, 0.1) is 28.0 Å². The maximum Gasteiger partial charge on any atom is 0.586 e. The summed E-state index contributed by atoms with van der Waals surface area (Å²) < 4.78 is 61.8. The molecule has 1 aliphatic heterocycles. The zero-order valence-electron chi connectivity index (χ0n) is 19.8. The quantitative estimate of drug-likeness (QED) is 0.366. The fraction of sp³-hybridized carbons (Fsp3) is 0.231. The number of carbonyl (C=O) groups is 1. The molecule has 0 unspecified atom stereocenters. The number of ether oxygens (including phenoxy) is 2. The standard InChI is InChI=1S/C26H23F2N3O5S/c1-2-37(33,34)20-9-6-17(7-10-20)15-29-25(32)19-8-11-22-21(14-19)30-16-31(22)13-12-18-4-3-5-23-24(18)36-26(27,28)35-23/h3-11,14,16H,2,12-13,15H2,1H3,(H,29,32). The smallest absolute Gasteiger partial charge is 0.395 e. The molecule has 1 N–H and O–H groups in total. The van der Waals surface area contributed by atoms with E-state index in [1.807, 2.05) is 4.57 Å². The van der Waals surface area contributed by atoms with Crippen LogP contribution in [0.15, 0.2) is 71.9 Å². The number of alkyl halides is 2. The van der Waals surface area contributed by atoms with Crippen LogP contribution >= 0.6 is 0 Å². The number of para-hydroxylation sites is 1. The minimum Gasteiger partial charge on any atom is -0.395 e. The number of sulfone groups is 1. The molecular weight excluding hydrogens is 504 g/mol. The van der Waals surface area contributed by atoms with Crippen LogP contribution in [0.25, 0.3) is 11.0 Å². The zero-order valence-corrected chi connectivity index (χ0v) is 20.6. The van der Waals surface area contributed by atoms with E-state index in [0.29, 0.717) is 29.6 Å². The third-order valence-corrected chi connectivity index (χ3v) is 7.88. The van der Waals surface area contributed by atoms with Gasteiger partial charge >= 0.3 is 6.29 Å². The summed E-state index contributed by atoms with van der Waals surface area (Å²) in [5.41, 5.74) is 3.20. The summed E-state index contributed by atoms with van der Waals surface area (Å²) in [6.07, 6.45) is -1.63. The van der Waals surface area contributed by atoms with Crippen LogP contribution in [0.4, 0.5) is 8.78 Å². The van der Waals surface area contributed by atoms with Crippen LogP contribution in [0.3, 0.4) is 0 Å². The van der Waals surface area contributed by atoms with Gasteiger partial charge in [0.2, 0.25) is 0 Å². The highest BCUT2D eigenvalue weighted by Gasteiger charge is 2.44. The number of benzene rings is 3. The maximum absolute atomic E-state index is 13.5. The van der Waals surface area contributed by atoms with Gasteiger partial charge in [0, 0.05) is 24.2 Å². The fourth-order valence-electron chi connectivity index (χ4n) is 4.11. The molecule has 0 spiro atoms. The number of amides is 1. The van der Waals surface area contributed by atoms with Crippen LogP contribution in [-0.4, -0.2) is 35.9 Å². The second kappa shape index (κ2) is 9.47. The van der Waals surface area contributed by atoms with Crippen LogP contribution < -0.4 is 14.8 Å². The first-order chi connectivity index (χ1) is 17.6. The molecule has 0 saturated carbocycles. The minimum absolute atomic E-state index is 0.00980. The molecule has 0 radical (unpaired) electrons. The number of aromatic nitrogens is 2.